The van der Waals surface area contributed by atoms with Gasteiger partial charge in [0.15, 0.2) is 5.69 Å². The second-order valence-electron chi connectivity index (χ2n) is 6.25. The van der Waals surface area contributed by atoms with Gasteiger partial charge < -0.3 is 10.2 Å². The first-order valence-electron chi connectivity index (χ1n) is 8.43. The van der Waals surface area contributed by atoms with Gasteiger partial charge in [-0.15, -0.1) is 0 Å². The molecule has 0 bridgehead atoms. The van der Waals surface area contributed by atoms with Gasteiger partial charge in [0.1, 0.15) is 5.82 Å². The molecule has 5 nitrogen and oxygen atoms in total. The van der Waals surface area contributed by atoms with Crippen LogP contribution in [-0.4, -0.2) is 47.3 Å². The first-order valence-corrected chi connectivity index (χ1v) is 8.43. The van der Waals surface area contributed by atoms with Crippen LogP contribution < -0.4 is 5.32 Å². The van der Waals surface area contributed by atoms with Crippen LogP contribution in [0.5, 0.6) is 0 Å². The summed E-state index contributed by atoms with van der Waals surface area (Å²) >= 11 is 0. The Morgan fingerprint density at radius 1 is 1.25 bits per heavy atom. The van der Waals surface area contributed by atoms with Crippen LogP contribution in [0, 0.1) is 11.7 Å². The van der Waals surface area contributed by atoms with Crippen LogP contribution in [0.15, 0.2) is 36.5 Å². The highest BCUT2D eigenvalue weighted by atomic mass is 19.1. The van der Waals surface area contributed by atoms with E-state index in [0.29, 0.717) is 11.6 Å². The summed E-state index contributed by atoms with van der Waals surface area (Å²) in [6.45, 7) is 2.61. The predicted molar refractivity (Wildman–Crippen MR) is 90.7 cm³/mol. The molecule has 1 aliphatic heterocycles. The fourth-order valence-corrected chi connectivity index (χ4v) is 3.11. The van der Waals surface area contributed by atoms with Crippen LogP contribution in [0.4, 0.5) is 4.39 Å². The van der Waals surface area contributed by atoms with Crippen LogP contribution >= 0.6 is 0 Å². The molecule has 1 saturated heterocycles. The monoisotopic (exact) mass is 330 g/mol. The highest BCUT2D eigenvalue weighted by Crippen LogP contribution is 2.21. The van der Waals surface area contributed by atoms with Crippen LogP contribution in [0.1, 0.15) is 29.8 Å². The Morgan fingerprint density at radius 3 is 2.62 bits per heavy atom. The van der Waals surface area contributed by atoms with Crippen LogP contribution in [0.25, 0.3) is 5.69 Å². The largest absolute Gasteiger partial charge is 0.337 e. The van der Waals surface area contributed by atoms with Gasteiger partial charge in [-0.1, -0.05) is 0 Å². The number of rotatable bonds is 5. The van der Waals surface area contributed by atoms with Gasteiger partial charge in [-0.05, 0) is 69.1 Å². The number of aromatic nitrogens is 2. The minimum absolute atomic E-state index is 0.0251. The molecule has 2 aromatic rings. The van der Waals surface area contributed by atoms with Crippen molar-refractivity contribution in [3.8, 4) is 5.69 Å². The van der Waals surface area contributed by atoms with E-state index in [4.69, 9.17) is 0 Å². The fraction of sp³-hybridized carbons (Fsp3) is 0.444. The summed E-state index contributed by atoms with van der Waals surface area (Å²) < 4.78 is 14.6. The van der Waals surface area contributed by atoms with Gasteiger partial charge in [0.05, 0.1) is 5.69 Å². The third-order valence-corrected chi connectivity index (χ3v) is 4.60. The number of carbonyl (C=O) groups is 1. The van der Waals surface area contributed by atoms with E-state index in [1.54, 1.807) is 29.1 Å². The number of nitrogens with zero attached hydrogens (tertiary/aromatic N) is 3. The molecule has 0 radical (unpaired) electrons. The van der Waals surface area contributed by atoms with Crippen molar-refractivity contribution < 1.29 is 9.18 Å². The number of nitrogens with one attached hydrogen (secondary N) is 1. The van der Waals surface area contributed by atoms with E-state index in [1.807, 2.05) is 11.9 Å². The molecular formula is C18H23FN4O. The predicted octanol–water partition coefficient (Wildman–Crippen LogP) is 2.47. The van der Waals surface area contributed by atoms with Gasteiger partial charge in [0, 0.05) is 19.3 Å². The average molecular weight is 330 g/mol. The van der Waals surface area contributed by atoms with Crippen LogP contribution in [0.3, 0.4) is 0 Å². The van der Waals surface area contributed by atoms with Crippen molar-refractivity contribution in [2.45, 2.75) is 19.3 Å². The zero-order chi connectivity index (χ0) is 16.9. The minimum atomic E-state index is -0.289. The molecule has 3 rings (SSSR count). The molecule has 1 aromatic heterocycles. The average Bonchev–Trinajstić information content (AvgIpc) is 3.10. The quantitative estimate of drug-likeness (QED) is 0.916. The Labute approximate surface area is 141 Å². The van der Waals surface area contributed by atoms with E-state index >= 15 is 0 Å². The van der Waals surface area contributed by atoms with E-state index in [9.17, 15) is 9.18 Å². The molecule has 6 heteroatoms. The van der Waals surface area contributed by atoms with Crippen LogP contribution in [-0.2, 0) is 0 Å². The zero-order valence-electron chi connectivity index (χ0n) is 13.9. The van der Waals surface area contributed by atoms with Crippen molar-refractivity contribution in [1.29, 1.82) is 0 Å². The van der Waals surface area contributed by atoms with E-state index in [0.717, 1.165) is 44.6 Å². The Balaban J connectivity index is 1.61. The molecule has 128 valence electrons. The maximum Gasteiger partial charge on any atom is 0.274 e. The first kappa shape index (κ1) is 16.6. The van der Waals surface area contributed by atoms with Gasteiger partial charge in [-0.3, -0.25) is 4.79 Å². The SMILES string of the molecule is CNCCC1CCN(C(=O)c2ccn(-c3ccc(F)cc3)n2)CC1. The number of amides is 1. The number of hydrogen-bond acceptors (Lipinski definition) is 3. The zero-order valence-corrected chi connectivity index (χ0v) is 13.9. The number of carbonyl (C=O) groups excluding carboxylic acids is 1. The van der Waals surface area contributed by atoms with Crippen molar-refractivity contribution in [2.24, 2.45) is 5.92 Å². The van der Waals surface area contributed by atoms with Gasteiger partial charge in [-0.2, -0.15) is 5.10 Å². The molecule has 0 saturated carbocycles. The summed E-state index contributed by atoms with van der Waals surface area (Å²) in [4.78, 5) is 14.5. The molecule has 1 aromatic carbocycles. The third-order valence-electron chi connectivity index (χ3n) is 4.60. The topological polar surface area (TPSA) is 50.2 Å². The van der Waals surface area contributed by atoms with Crippen molar-refractivity contribution >= 4 is 5.91 Å². The van der Waals surface area contributed by atoms with Crippen molar-refractivity contribution in [1.82, 2.24) is 20.0 Å². The van der Waals surface area contributed by atoms with E-state index < -0.39 is 0 Å². The van der Waals surface area contributed by atoms with E-state index in [2.05, 4.69) is 10.4 Å². The molecule has 0 unspecified atom stereocenters. The van der Waals surface area contributed by atoms with Gasteiger partial charge in [0.2, 0.25) is 0 Å². The van der Waals surface area contributed by atoms with Crippen molar-refractivity contribution in [3.63, 3.8) is 0 Å². The number of piperidine rings is 1. The van der Waals surface area contributed by atoms with Crippen molar-refractivity contribution in [3.05, 3.63) is 48.0 Å². The molecule has 1 N–H and O–H groups in total. The number of benzene rings is 1. The van der Waals surface area contributed by atoms with Gasteiger partial charge in [-0.25, -0.2) is 9.07 Å². The fourth-order valence-electron chi connectivity index (χ4n) is 3.11. The summed E-state index contributed by atoms with van der Waals surface area (Å²) in [7, 11) is 1.97. The molecule has 24 heavy (non-hydrogen) atoms. The summed E-state index contributed by atoms with van der Waals surface area (Å²) in [5.41, 5.74) is 1.18. The Kier molecular flexibility index (Phi) is 5.25. The molecular weight excluding hydrogens is 307 g/mol. The lowest BCUT2D eigenvalue weighted by Gasteiger charge is -2.31. The lowest BCUT2D eigenvalue weighted by Crippen LogP contribution is -2.39. The Hall–Kier alpha value is -2.21. The lowest BCUT2D eigenvalue weighted by atomic mass is 9.93. The first-order chi connectivity index (χ1) is 11.7. The number of halogens is 1. The molecule has 1 amide bonds. The summed E-state index contributed by atoms with van der Waals surface area (Å²) in [6.07, 6.45) is 5.00. The standard InChI is InChI=1S/C18H23FN4O/c1-20-10-6-14-7-11-22(12-8-14)18(24)17-9-13-23(21-17)16-4-2-15(19)3-5-16/h2-5,9,13-14,20H,6-8,10-12H2,1H3. The lowest BCUT2D eigenvalue weighted by molar-refractivity contribution is 0.0680. The maximum absolute atomic E-state index is 13.0. The smallest absolute Gasteiger partial charge is 0.274 e. The molecule has 0 aliphatic carbocycles. The molecule has 0 spiro atoms. The van der Waals surface area contributed by atoms with Gasteiger partial charge in [0.25, 0.3) is 5.91 Å². The molecule has 1 fully saturated rings. The van der Waals surface area contributed by atoms with Crippen LogP contribution in [0.2, 0.25) is 0 Å². The molecule has 1 aliphatic rings. The summed E-state index contributed by atoms with van der Waals surface area (Å²) in [6, 6.07) is 7.77. The van der Waals surface area contributed by atoms with E-state index in [1.165, 1.54) is 12.1 Å². The molecule has 0 atom stereocenters. The normalized spacial score (nSPS) is 15.7. The van der Waals surface area contributed by atoms with Gasteiger partial charge >= 0.3 is 0 Å². The number of likely N-dealkylation sites (tertiary alicyclic amines) is 1. The second kappa shape index (κ2) is 7.57. The number of hydrogen-bond donors (Lipinski definition) is 1. The maximum atomic E-state index is 13.0. The second-order valence-corrected chi connectivity index (χ2v) is 6.25. The minimum Gasteiger partial charge on any atom is -0.337 e. The van der Waals surface area contributed by atoms with E-state index in [-0.39, 0.29) is 11.7 Å². The Bertz CT molecular complexity index is 675. The summed E-state index contributed by atoms with van der Waals surface area (Å²) in [5.74, 6) is 0.379. The molecule has 2 heterocycles. The Morgan fingerprint density at radius 2 is 1.96 bits per heavy atom. The van der Waals surface area contributed by atoms with Crippen molar-refractivity contribution in [2.75, 3.05) is 26.7 Å². The summed E-state index contributed by atoms with van der Waals surface area (Å²) in [5, 5.41) is 7.53. The highest BCUT2D eigenvalue weighted by molar-refractivity contribution is 5.92. The third kappa shape index (κ3) is 3.82. The highest BCUT2D eigenvalue weighted by Gasteiger charge is 2.24.